The van der Waals surface area contributed by atoms with Gasteiger partial charge in [0.1, 0.15) is 21.9 Å². The van der Waals surface area contributed by atoms with Crippen LogP contribution in [-0.2, 0) is 25.9 Å². The summed E-state index contributed by atoms with van der Waals surface area (Å²) in [4.78, 5) is 16.0. The molecule has 1 aliphatic heterocycles. The first kappa shape index (κ1) is 35.8. The van der Waals surface area contributed by atoms with Gasteiger partial charge in [0.2, 0.25) is 22.4 Å². The van der Waals surface area contributed by atoms with E-state index in [9.17, 15) is 18.4 Å². The number of methoxy groups -OCH3 is 2. The van der Waals surface area contributed by atoms with Crippen molar-refractivity contribution in [3.05, 3.63) is 75.5 Å². The van der Waals surface area contributed by atoms with Gasteiger partial charge in [0.05, 0.1) is 51.5 Å². The summed E-state index contributed by atoms with van der Waals surface area (Å²) in [5.41, 5.74) is 1.53. The molecule has 1 atom stereocenters. The zero-order valence-corrected chi connectivity index (χ0v) is 29.4. The average molecular weight is 726 g/mol. The topological polar surface area (TPSA) is 128 Å². The monoisotopic (exact) mass is 724 g/mol. The second-order valence-corrected chi connectivity index (χ2v) is 14.5. The summed E-state index contributed by atoms with van der Waals surface area (Å²) in [6.45, 7) is 3.74. The maximum absolute atomic E-state index is 13.8. The van der Waals surface area contributed by atoms with E-state index in [1.165, 1.54) is 43.1 Å². The highest BCUT2D eigenvalue weighted by Crippen LogP contribution is 2.38. The van der Waals surface area contributed by atoms with Gasteiger partial charge in [-0.25, -0.2) is 13.2 Å². The molecule has 2 heterocycles. The molecular weight excluding hydrogens is 685 g/mol. The molecule has 48 heavy (non-hydrogen) atoms. The molecule has 1 saturated carbocycles. The largest absolute Gasteiger partial charge is 0.493 e. The van der Waals surface area contributed by atoms with Crippen LogP contribution in [0.1, 0.15) is 40.4 Å². The molecule has 2 aliphatic rings. The highest BCUT2D eigenvalue weighted by atomic mass is 35.5. The molecule has 0 radical (unpaired) electrons. The maximum Gasteiger partial charge on any atom is 0.338 e. The molecule has 0 spiro atoms. The van der Waals surface area contributed by atoms with Crippen molar-refractivity contribution >= 4 is 44.9 Å². The number of rotatable bonds is 15. The molecule has 260 valence electrons. The van der Waals surface area contributed by atoms with Crippen LogP contribution < -0.4 is 23.2 Å². The van der Waals surface area contributed by atoms with Crippen molar-refractivity contribution in [2.24, 2.45) is 5.92 Å². The van der Waals surface area contributed by atoms with Crippen molar-refractivity contribution < 1.29 is 46.8 Å². The summed E-state index contributed by atoms with van der Waals surface area (Å²) in [7, 11) is -0.682. The number of anilines is 1. The first-order chi connectivity index (χ1) is 23.0. The highest BCUT2D eigenvalue weighted by Gasteiger charge is 2.29. The lowest BCUT2D eigenvalue weighted by Crippen LogP contribution is -2.43. The number of hydrogen-bond acceptors (Lipinski definition) is 10. The second kappa shape index (κ2) is 15.8. The molecule has 2 aromatic carbocycles. The van der Waals surface area contributed by atoms with E-state index in [-0.39, 0.29) is 34.3 Å². The molecule has 12 nitrogen and oxygen atoms in total. The number of pyridine rings is 1. The van der Waals surface area contributed by atoms with Gasteiger partial charge in [-0.15, -0.1) is 0 Å². The van der Waals surface area contributed by atoms with E-state index in [4.69, 9.17) is 46.9 Å². The fourth-order valence-electron chi connectivity index (χ4n) is 5.37. The highest BCUT2D eigenvalue weighted by molar-refractivity contribution is 7.92. The van der Waals surface area contributed by atoms with Gasteiger partial charge in [-0.3, -0.25) is 14.4 Å². The van der Waals surface area contributed by atoms with Crippen LogP contribution in [-0.4, -0.2) is 91.0 Å². The van der Waals surface area contributed by atoms with Crippen molar-refractivity contribution in [1.82, 2.24) is 4.90 Å². The summed E-state index contributed by atoms with van der Waals surface area (Å²) in [5, 5.41) is 10.2. The van der Waals surface area contributed by atoms with Gasteiger partial charge < -0.3 is 23.7 Å². The summed E-state index contributed by atoms with van der Waals surface area (Å²) in [5.74, 6) is 0.874. The molecule has 15 heteroatoms. The molecule has 1 saturated heterocycles. The van der Waals surface area contributed by atoms with E-state index in [1.807, 2.05) is 0 Å². The number of aromatic nitrogens is 1. The third kappa shape index (κ3) is 9.14. The Labute approximate surface area is 290 Å². The van der Waals surface area contributed by atoms with Crippen LogP contribution in [0.5, 0.6) is 17.2 Å². The van der Waals surface area contributed by atoms with E-state index < -0.39 is 22.1 Å². The van der Waals surface area contributed by atoms with Gasteiger partial charge in [0.15, 0.2) is 11.5 Å². The summed E-state index contributed by atoms with van der Waals surface area (Å²) in [6.07, 6.45) is 4.93. The Kier molecular flexibility index (Phi) is 11.8. The molecule has 0 amide bonds. The van der Waals surface area contributed by atoms with E-state index in [2.05, 4.69) is 4.90 Å². The molecule has 2 fully saturated rings. The number of halogens is 2. The second-order valence-electron chi connectivity index (χ2n) is 11.8. The number of ether oxygens (including phenoxy) is 5. The van der Waals surface area contributed by atoms with Crippen LogP contribution in [0.15, 0.2) is 48.8 Å². The smallest absolute Gasteiger partial charge is 0.338 e. The third-order valence-electron chi connectivity index (χ3n) is 8.25. The molecule has 0 unspecified atom stereocenters. The molecule has 3 aromatic rings. The molecule has 1 aromatic heterocycles. The Hall–Kier alpha value is -3.49. The fourth-order valence-corrected chi connectivity index (χ4v) is 6.90. The van der Waals surface area contributed by atoms with Gasteiger partial charge in [0, 0.05) is 42.9 Å². The predicted octanol–water partition coefficient (Wildman–Crippen LogP) is 4.56. The van der Waals surface area contributed by atoms with Gasteiger partial charge in [-0.2, -0.15) is 0 Å². The Balaban J connectivity index is 1.46. The predicted molar refractivity (Wildman–Crippen MR) is 179 cm³/mol. The van der Waals surface area contributed by atoms with Crippen LogP contribution in [0.2, 0.25) is 10.0 Å². The molecule has 1 N–H and O–H groups in total. The Bertz CT molecular complexity index is 1690. The number of sulfonamides is 1. The SMILES string of the molecule is COc1ccc([C@H](Cc2c(Cl)c[n+](O)cc2Cl)OC(=O)c2ccc(N(CCN3CCOCC3)S(C)(=O)=O)c(OCC3CC3)c2)cc1OC. The lowest BCUT2D eigenvalue weighted by atomic mass is 10.0. The van der Waals surface area contributed by atoms with Crippen LogP contribution in [0, 0.1) is 5.92 Å². The summed E-state index contributed by atoms with van der Waals surface area (Å²) >= 11 is 12.9. The van der Waals surface area contributed by atoms with Gasteiger partial charge in [0.25, 0.3) is 0 Å². The molecule has 1 aliphatic carbocycles. The molecule has 0 bridgehead atoms. The van der Waals surface area contributed by atoms with E-state index in [0.29, 0.717) is 73.7 Å². The van der Waals surface area contributed by atoms with Gasteiger partial charge in [-0.05, 0) is 54.7 Å². The lowest BCUT2D eigenvalue weighted by Gasteiger charge is -2.30. The van der Waals surface area contributed by atoms with Crippen molar-refractivity contribution in [3.8, 4) is 17.2 Å². The molecule has 5 rings (SSSR count). The van der Waals surface area contributed by atoms with Crippen LogP contribution in [0.25, 0.3) is 0 Å². The fraction of sp³-hybridized carbons (Fsp3) is 0.455. The van der Waals surface area contributed by atoms with E-state index in [0.717, 1.165) is 23.8 Å². The van der Waals surface area contributed by atoms with Crippen molar-refractivity contribution in [1.29, 1.82) is 0 Å². The minimum absolute atomic E-state index is 0.0618. The Morgan fingerprint density at radius 2 is 1.73 bits per heavy atom. The van der Waals surface area contributed by atoms with Crippen molar-refractivity contribution in [2.75, 3.05) is 70.8 Å². The number of nitrogens with zero attached hydrogens (tertiary/aromatic N) is 3. The standard InChI is InChI=1S/C33H40Cl2N3O9S/c1-43-29-9-7-23(16-32(29)44-2)30(18-25-26(34)19-37(40)20-27(25)35)47-33(39)24-6-8-28(31(17-24)46-21-22-4-5-22)38(48(3,41)42)11-10-36-12-14-45-15-13-36/h6-9,16-17,19-20,22,30,40H,4-5,10-15,18,21H2,1-3H3/q+1/t30-/m0/s1. The van der Waals surface area contributed by atoms with Crippen LogP contribution in [0.3, 0.4) is 0 Å². The maximum atomic E-state index is 13.8. The average Bonchev–Trinajstić information content (AvgIpc) is 3.89. The summed E-state index contributed by atoms with van der Waals surface area (Å²) < 4.78 is 56.7. The zero-order chi connectivity index (χ0) is 34.4. The normalized spacial score (nSPS) is 15.9. The summed E-state index contributed by atoms with van der Waals surface area (Å²) in [6, 6.07) is 9.75. The first-order valence-corrected chi connectivity index (χ1v) is 18.1. The Morgan fingerprint density at radius 1 is 1.04 bits per heavy atom. The van der Waals surface area contributed by atoms with E-state index >= 15 is 0 Å². The quantitative estimate of drug-likeness (QED) is 0.135. The van der Waals surface area contributed by atoms with Crippen LogP contribution in [0.4, 0.5) is 5.69 Å². The van der Waals surface area contributed by atoms with Gasteiger partial charge >= 0.3 is 5.97 Å². The minimum atomic E-state index is -3.70. The minimum Gasteiger partial charge on any atom is -0.493 e. The number of hydrogen-bond donors (Lipinski definition) is 1. The zero-order valence-electron chi connectivity index (χ0n) is 27.1. The number of carbonyl (C=O) groups excluding carboxylic acids is 1. The third-order valence-corrected chi connectivity index (χ3v) is 10.1. The van der Waals surface area contributed by atoms with E-state index in [1.54, 1.807) is 24.3 Å². The van der Waals surface area contributed by atoms with Crippen molar-refractivity contribution in [3.63, 3.8) is 0 Å². The van der Waals surface area contributed by atoms with Gasteiger partial charge in [-0.1, -0.05) is 29.3 Å². The number of esters is 1. The van der Waals surface area contributed by atoms with Crippen molar-refractivity contribution in [2.45, 2.75) is 25.4 Å². The lowest BCUT2D eigenvalue weighted by molar-refractivity contribution is -0.904. The van der Waals surface area contributed by atoms with Crippen LogP contribution >= 0.6 is 23.2 Å². The number of benzene rings is 2. The first-order valence-electron chi connectivity index (χ1n) is 15.5. The number of carbonyl (C=O) groups is 1. The Morgan fingerprint density at radius 3 is 2.35 bits per heavy atom. The molecular formula is C33H40Cl2N3O9S+. The number of morpholine rings is 1.